The van der Waals surface area contributed by atoms with Gasteiger partial charge in [0, 0.05) is 4.47 Å². The van der Waals surface area contributed by atoms with Crippen molar-refractivity contribution in [2.45, 2.75) is 19.9 Å². The van der Waals surface area contributed by atoms with Crippen LogP contribution in [-0.2, 0) is 0 Å². The third kappa shape index (κ3) is 3.01. The van der Waals surface area contributed by atoms with E-state index in [1.165, 1.54) is 24.3 Å². The summed E-state index contributed by atoms with van der Waals surface area (Å²) in [5, 5.41) is 0. The Bertz CT molecular complexity index is 582. The highest BCUT2D eigenvalue weighted by atomic mass is 79.9. The molecule has 0 spiro atoms. The highest BCUT2D eigenvalue weighted by molar-refractivity contribution is 9.10. The summed E-state index contributed by atoms with van der Waals surface area (Å²) in [4.78, 5) is 0. The van der Waals surface area contributed by atoms with E-state index in [9.17, 15) is 8.78 Å². The van der Waals surface area contributed by atoms with Crippen molar-refractivity contribution in [1.82, 2.24) is 0 Å². The summed E-state index contributed by atoms with van der Waals surface area (Å²) in [5.74, 6) is -0.636. The van der Waals surface area contributed by atoms with E-state index in [2.05, 4.69) is 15.9 Å². The standard InChI is InChI=1S/C15H14BrF2N/c1-8-3-12(17)4-9(2)14(8)15(19)10-5-11(16)7-13(18)6-10/h3-7,15H,19H2,1-2H3. The molecule has 2 N–H and O–H groups in total. The van der Waals surface area contributed by atoms with Crippen molar-refractivity contribution in [3.63, 3.8) is 0 Å². The normalized spacial score (nSPS) is 12.5. The number of benzene rings is 2. The predicted molar refractivity (Wildman–Crippen MR) is 76.0 cm³/mol. The van der Waals surface area contributed by atoms with E-state index in [0.717, 1.165) is 16.7 Å². The third-order valence-electron chi connectivity index (χ3n) is 3.11. The second-order valence-electron chi connectivity index (χ2n) is 4.63. The molecule has 2 rings (SSSR count). The van der Waals surface area contributed by atoms with Gasteiger partial charge in [-0.1, -0.05) is 15.9 Å². The molecule has 0 saturated heterocycles. The van der Waals surface area contributed by atoms with E-state index < -0.39 is 6.04 Å². The summed E-state index contributed by atoms with van der Waals surface area (Å²) in [6, 6.07) is 6.95. The molecular weight excluding hydrogens is 312 g/mol. The fourth-order valence-corrected chi connectivity index (χ4v) is 2.82. The topological polar surface area (TPSA) is 26.0 Å². The zero-order valence-electron chi connectivity index (χ0n) is 10.7. The monoisotopic (exact) mass is 325 g/mol. The molecule has 100 valence electrons. The maximum Gasteiger partial charge on any atom is 0.124 e. The predicted octanol–water partition coefficient (Wildman–Crippen LogP) is 4.39. The van der Waals surface area contributed by atoms with Gasteiger partial charge in [-0.05, 0) is 66.4 Å². The fourth-order valence-electron chi connectivity index (χ4n) is 2.33. The fraction of sp³-hybridized carbons (Fsp3) is 0.200. The molecule has 0 aliphatic carbocycles. The van der Waals surface area contributed by atoms with Gasteiger partial charge in [0.1, 0.15) is 11.6 Å². The van der Waals surface area contributed by atoms with E-state index in [0.29, 0.717) is 10.0 Å². The Labute approximate surface area is 119 Å². The molecule has 1 atom stereocenters. The Kier molecular flexibility index (Phi) is 4.02. The first-order valence-corrected chi connectivity index (χ1v) is 6.66. The molecule has 0 aliphatic rings. The maximum absolute atomic E-state index is 13.4. The lowest BCUT2D eigenvalue weighted by Gasteiger charge is -2.18. The largest absolute Gasteiger partial charge is 0.320 e. The summed E-state index contributed by atoms with van der Waals surface area (Å²) in [6.07, 6.45) is 0. The molecule has 0 aromatic heterocycles. The second kappa shape index (κ2) is 5.39. The quantitative estimate of drug-likeness (QED) is 0.870. The van der Waals surface area contributed by atoms with Gasteiger partial charge < -0.3 is 5.73 Å². The van der Waals surface area contributed by atoms with E-state index in [1.807, 2.05) is 0 Å². The SMILES string of the molecule is Cc1cc(F)cc(C)c1C(N)c1cc(F)cc(Br)c1. The minimum absolute atomic E-state index is 0.286. The molecule has 4 heteroatoms. The third-order valence-corrected chi connectivity index (χ3v) is 3.57. The van der Waals surface area contributed by atoms with Crippen LogP contribution in [0.4, 0.5) is 8.78 Å². The van der Waals surface area contributed by atoms with Crippen LogP contribution in [0, 0.1) is 25.5 Å². The van der Waals surface area contributed by atoms with E-state index >= 15 is 0 Å². The van der Waals surface area contributed by atoms with Gasteiger partial charge in [-0.15, -0.1) is 0 Å². The van der Waals surface area contributed by atoms with Gasteiger partial charge in [0.05, 0.1) is 6.04 Å². The van der Waals surface area contributed by atoms with Crippen LogP contribution in [0.1, 0.15) is 28.3 Å². The van der Waals surface area contributed by atoms with Gasteiger partial charge in [-0.2, -0.15) is 0 Å². The van der Waals surface area contributed by atoms with E-state index in [-0.39, 0.29) is 11.6 Å². The Morgan fingerprint density at radius 1 is 0.947 bits per heavy atom. The summed E-state index contributed by atoms with van der Waals surface area (Å²) >= 11 is 3.25. The van der Waals surface area contributed by atoms with Gasteiger partial charge in [-0.25, -0.2) is 8.78 Å². The van der Waals surface area contributed by atoms with Crippen molar-refractivity contribution in [3.05, 3.63) is 68.7 Å². The van der Waals surface area contributed by atoms with Gasteiger partial charge >= 0.3 is 0 Å². The molecular formula is C15H14BrF2N. The lowest BCUT2D eigenvalue weighted by molar-refractivity contribution is 0.619. The molecule has 19 heavy (non-hydrogen) atoms. The van der Waals surface area contributed by atoms with Gasteiger partial charge in [0.15, 0.2) is 0 Å². The van der Waals surface area contributed by atoms with E-state index in [4.69, 9.17) is 5.73 Å². The van der Waals surface area contributed by atoms with Crippen LogP contribution < -0.4 is 5.73 Å². The number of nitrogens with two attached hydrogens (primary N) is 1. The van der Waals surface area contributed by atoms with Crippen molar-refractivity contribution < 1.29 is 8.78 Å². The average molecular weight is 326 g/mol. The molecule has 0 saturated carbocycles. The Balaban J connectivity index is 2.52. The van der Waals surface area contributed by atoms with Crippen LogP contribution in [0.15, 0.2) is 34.8 Å². The molecule has 0 amide bonds. The van der Waals surface area contributed by atoms with Crippen LogP contribution in [-0.4, -0.2) is 0 Å². The number of rotatable bonds is 2. The molecule has 0 aliphatic heterocycles. The Hall–Kier alpha value is -1.26. The molecule has 2 aromatic rings. The highest BCUT2D eigenvalue weighted by Crippen LogP contribution is 2.28. The van der Waals surface area contributed by atoms with Crippen molar-refractivity contribution in [3.8, 4) is 0 Å². The van der Waals surface area contributed by atoms with Crippen LogP contribution >= 0.6 is 15.9 Å². The van der Waals surface area contributed by atoms with Crippen molar-refractivity contribution in [1.29, 1.82) is 0 Å². The molecule has 0 fully saturated rings. The zero-order valence-corrected chi connectivity index (χ0v) is 12.3. The number of halogens is 3. The number of aryl methyl sites for hydroxylation is 2. The summed E-state index contributed by atoms with van der Waals surface area (Å²) in [5.41, 5.74) is 9.22. The molecule has 0 radical (unpaired) electrons. The summed E-state index contributed by atoms with van der Waals surface area (Å²) in [6.45, 7) is 3.61. The summed E-state index contributed by atoms with van der Waals surface area (Å²) < 4.78 is 27.4. The average Bonchev–Trinajstić information content (AvgIpc) is 2.25. The minimum Gasteiger partial charge on any atom is -0.320 e. The smallest absolute Gasteiger partial charge is 0.124 e. The highest BCUT2D eigenvalue weighted by Gasteiger charge is 2.16. The van der Waals surface area contributed by atoms with Crippen molar-refractivity contribution >= 4 is 15.9 Å². The Morgan fingerprint density at radius 2 is 1.47 bits per heavy atom. The lowest BCUT2D eigenvalue weighted by atomic mass is 9.92. The van der Waals surface area contributed by atoms with Gasteiger partial charge in [0.25, 0.3) is 0 Å². The second-order valence-corrected chi connectivity index (χ2v) is 5.55. The van der Waals surface area contributed by atoms with Gasteiger partial charge in [0.2, 0.25) is 0 Å². The molecule has 1 nitrogen and oxygen atoms in total. The van der Waals surface area contributed by atoms with Crippen molar-refractivity contribution in [2.75, 3.05) is 0 Å². The maximum atomic E-state index is 13.4. The minimum atomic E-state index is -0.479. The molecule has 0 bridgehead atoms. The molecule has 2 aromatic carbocycles. The lowest BCUT2D eigenvalue weighted by Crippen LogP contribution is -2.15. The zero-order chi connectivity index (χ0) is 14.2. The Morgan fingerprint density at radius 3 is 2.00 bits per heavy atom. The van der Waals surface area contributed by atoms with E-state index in [1.54, 1.807) is 19.9 Å². The van der Waals surface area contributed by atoms with Crippen LogP contribution in [0.5, 0.6) is 0 Å². The van der Waals surface area contributed by atoms with Gasteiger partial charge in [-0.3, -0.25) is 0 Å². The first-order chi connectivity index (χ1) is 8.88. The summed E-state index contributed by atoms with van der Waals surface area (Å²) in [7, 11) is 0. The molecule has 1 unspecified atom stereocenters. The molecule has 0 heterocycles. The number of hydrogen-bond donors (Lipinski definition) is 1. The number of hydrogen-bond acceptors (Lipinski definition) is 1. The van der Waals surface area contributed by atoms with Crippen LogP contribution in [0.2, 0.25) is 0 Å². The van der Waals surface area contributed by atoms with Crippen molar-refractivity contribution in [2.24, 2.45) is 5.73 Å². The first kappa shape index (κ1) is 14.2. The van der Waals surface area contributed by atoms with Crippen LogP contribution in [0.25, 0.3) is 0 Å². The first-order valence-electron chi connectivity index (χ1n) is 5.86. The van der Waals surface area contributed by atoms with Crippen LogP contribution in [0.3, 0.4) is 0 Å².